The zero-order chi connectivity index (χ0) is 21.9. The molecule has 0 atom stereocenters. The van der Waals surface area contributed by atoms with Crippen LogP contribution in [0.3, 0.4) is 0 Å². The number of amides is 2. The Hall–Kier alpha value is -2.89. The molecular weight excluding hydrogens is 450 g/mol. The van der Waals surface area contributed by atoms with E-state index >= 15 is 0 Å². The van der Waals surface area contributed by atoms with Crippen LogP contribution in [0, 0.1) is 0 Å². The molecule has 1 aromatic heterocycles. The van der Waals surface area contributed by atoms with Crippen molar-refractivity contribution >= 4 is 51.1 Å². The number of nitrogens with two attached hydrogens (primary N) is 1. The summed E-state index contributed by atoms with van der Waals surface area (Å²) in [7, 11) is -4.20. The highest BCUT2D eigenvalue weighted by atomic mass is 35.5. The molecule has 0 saturated carbocycles. The van der Waals surface area contributed by atoms with Gasteiger partial charge in [-0.3, -0.25) is 14.9 Å². The normalized spacial score (nSPS) is 11.3. The van der Waals surface area contributed by atoms with Gasteiger partial charge in [0, 0.05) is 23.3 Å². The van der Waals surface area contributed by atoms with Crippen LogP contribution in [0.2, 0.25) is 5.02 Å². The molecule has 1 heterocycles. The number of nitrogen functional groups attached to an aromatic ring is 1. The third-order valence-corrected chi connectivity index (χ3v) is 6.51. The number of hydrogen-bond donors (Lipinski definition) is 2. The average Bonchev–Trinajstić information content (AvgIpc) is 3.08. The van der Waals surface area contributed by atoms with Crippen LogP contribution in [0.15, 0.2) is 58.6 Å². The molecule has 0 bridgehead atoms. The molecule has 156 valence electrons. The summed E-state index contributed by atoms with van der Waals surface area (Å²) < 4.78 is 26.5. The van der Waals surface area contributed by atoms with E-state index in [1.807, 2.05) is 12.1 Å². The number of carbonyl (C=O) groups excluding carboxylic acids is 2. The van der Waals surface area contributed by atoms with E-state index in [9.17, 15) is 18.0 Å². The van der Waals surface area contributed by atoms with Gasteiger partial charge in [0.25, 0.3) is 15.9 Å². The molecule has 0 aliphatic carbocycles. The third-order valence-electron chi connectivity index (χ3n) is 3.78. The highest BCUT2D eigenvalue weighted by Crippen LogP contribution is 2.24. The summed E-state index contributed by atoms with van der Waals surface area (Å²) in [5.74, 6) is -1.10. The summed E-state index contributed by atoms with van der Waals surface area (Å²) in [5.41, 5.74) is 6.73. The Morgan fingerprint density at radius 1 is 1.20 bits per heavy atom. The van der Waals surface area contributed by atoms with Gasteiger partial charge in [-0.2, -0.15) is 13.4 Å². The maximum absolute atomic E-state index is 12.9. The van der Waals surface area contributed by atoms with Crippen molar-refractivity contribution in [3.05, 3.63) is 64.7 Å². The standard InChI is InChI=1S/C18H16ClN5O4S2/c1-11(25)21-16(26)13-3-2-4-15(9-13)30(27,28)24-17(20)22-18(23-24)29-10-12-5-7-14(19)8-6-12/h2-9H,10H2,1H3,(H2,20,22,23)(H,21,25,26). The summed E-state index contributed by atoms with van der Waals surface area (Å²) in [4.78, 5) is 26.8. The van der Waals surface area contributed by atoms with Crippen molar-refractivity contribution in [2.24, 2.45) is 0 Å². The van der Waals surface area contributed by atoms with E-state index in [1.165, 1.54) is 36.9 Å². The molecule has 0 fully saturated rings. The van der Waals surface area contributed by atoms with E-state index in [0.29, 0.717) is 14.9 Å². The van der Waals surface area contributed by atoms with Crippen molar-refractivity contribution < 1.29 is 18.0 Å². The molecule has 12 heteroatoms. The number of carbonyl (C=O) groups is 2. The monoisotopic (exact) mass is 465 g/mol. The Kier molecular flexibility index (Phi) is 6.44. The number of halogens is 1. The molecule has 3 N–H and O–H groups in total. The van der Waals surface area contributed by atoms with Crippen molar-refractivity contribution in [2.75, 3.05) is 5.73 Å². The van der Waals surface area contributed by atoms with E-state index in [0.717, 1.165) is 11.6 Å². The fraction of sp³-hybridized carbons (Fsp3) is 0.111. The van der Waals surface area contributed by atoms with Crippen LogP contribution < -0.4 is 11.1 Å². The van der Waals surface area contributed by atoms with Crippen molar-refractivity contribution in [3.8, 4) is 0 Å². The summed E-state index contributed by atoms with van der Waals surface area (Å²) in [5, 5.41) is 6.86. The minimum absolute atomic E-state index is 0.00213. The smallest absolute Gasteiger partial charge is 0.286 e. The van der Waals surface area contributed by atoms with Gasteiger partial charge in [0.2, 0.25) is 17.0 Å². The SMILES string of the molecule is CC(=O)NC(=O)c1cccc(S(=O)(=O)n2nc(SCc3ccc(Cl)cc3)nc2N)c1. The van der Waals surface area contributed by atoms with E-state index in [-0.39, 0.29) is 21.6 Å². The number of nitrogens with one attached hydrogen (secondary N) is 1. The van der Waals surface area contributed by atoms with E-state index in [2.05, 4.69) is 15.4 Å². The number of aromatic nitrogens is 3. The first-order valence-corrected chi connectivity index (χ1v) is 11.2. The first-order valence-electron chi connectivity index (χ1n) is 8.44. The molecule has 2 aromatic carbocycles. The predicted octanol–water partition coefficient (Wildman–Crippen LogP) is 2.32. The molecule has 0 unspecified atom stereocenters. The quantitative estimate of drug-likeness (QED) is 0.529. The minimum Gasteiger partial charge on any atom is -0.367 e. The van der Waals surface area contributed by atoms with Crippen LogP contribution in [-0.4, -0.2) is 34.4 Å². The van der Waals surface area contributed by atoms with E-state index in [1.54, 1.807) is 12.1 Å². The number of benzene rings is 2. The maximum atomic E-state index is 12.9. The van der Waals surface area contributed by atoms with Gasteiger partial charge in [-0.15, -0.1) is 9.19 Å². The zero-order valence-corrected chi connectivity index (χ0v) is 18.0. The number of nitrogens with zero attached hydrogens (tertiary/aromatic N) is 3. The lowest BCUT2D eigenvalue weighted by atomic mass is 10.2. The molecule has 0 aliphatic rings. The van der Waals surface area contributed by atoms with Gasteiger partial charge < -0.3 is 5.73 Å². The molecule has 0 aliphatic heterocycles. The molecular formula is C18H16ClN5O4S2. The fourth-order valence-corrected chi connectivity index (χ4v) is 4.55. The van der Waals surface area contributed by atoms with Gasteiger partial charge in [-0.25, -0.2) is 0 Å². The van der Waals surface area contributed by atoms with Crippen molar-refractivity contribution in [2.45, 2.75) is 22.7 Å². The lowest BCUT2D eigenvalue weighted by molar-refractivity contribution is -0.118. The Bertz CT molecular complexity index is 1210. The first-order chi connectivity index (χ1) is 14.2. The Morgan fingerprint density at radius 3 is 2.57 bits per heavy atom. The summed E-state index contributed by atoms with van der Waals surface area (Å²) in [6, 6.07) is 12.4. The average molecular weight is 466 g/mol. The van der Waals surface area contributed by atoms with Gasteiger partial charge in [0.15, 0.2) is 0 Å². The number of thioether (sulfide) groups is 1. The molecule has 3 rings (SSSR count). The second-order valence-corrected chi connectivity index (χ2v) is 9.20. The number of imide groups is 1. The van der Waals surface area contributed by atoms with Crippen molar-refractivity contribution in [1.29, 1.82) is 0 Å². The largest absolute Gasteiger partial charge is 0.367 e. The topological polar surface area (TPSA) is 137 Å². The van der Waals surface area contributed by atoms with Crippen LogP contribution in [-0.2, 0) is 20.6 Å². The van der Waals surface area contributed by atoms with Crippen LogP contribution in [0.25, 0.3) is 0 Å². The molecule has 30 heavy (non-hydrogen) atoms. The van der Waals surface area contributed by atoms with Crippen LogP contribution in [0.5, 0.6) is 0 Å². The van der Waals surface area contributed by atoms with Gasteiger partial charge in [-0.05, 0) is 35.9 Å². The fourth-order valence-electron chi connectivity index (χ4n) is 2.39. The molecule has 0 spiro atoms. The molecule has 0 radical (unpaired) electrons. The lowest BCUT2D eigenvalue weighted by Crippen LogP contribution is -2.28. The number of hydrogen-bond acceptors (Lipinski definition) is 8. The zero-order valence-electron chi connectivity index (χ0n) is 15.6. The molecule has 0 saturated heterocycles. The second-order valence-electron chi connectivity index (χ2n) is 6.05. The first kappa shape index (κ1) is 21.8. The highest BCUT2D eigenvalue weighted by Gasteiger charge is 2.24. The minimum atomic E-state index is -4.20. The van der Waals surface area contributed by atoms with Gasteiger partial charge >= 0.3 is 0 Å². The third kappa shape index (κ3) is 4.99. The van der Waals surface area contributed by atoms with Crippen LogP contribution >= 0.6 is 23.4 Å². The Balaban J connectivity index is 1.83. The van der Waals surface area contributed by atoms with E-state index < -0.39 is 21.8 Å². The lowest BCUT2D eigenvalue weighted by Gasteiger charge is -2.07. The molecule has 3 aromatic rings. The molecule has 9 nitrogen and oxygen atoms in total. The van der Waals surface area contributed by atoms with E-state index in [4.69, 9.17) is 17.3 Å². The van der Waals surface area contributed by atoms with Gasteiger partial charge in [0.1, 0.15) is 0 Å². The Morgan fingerprint density at radius 2 is 1.90 bits per heavy atom. The summed E-state index contributed by atoms with van der Waals surface area (Å²) in [6.07, 6.45) is 0. The van der Waals surface area contributed by atoms with Crippen LogP contribution in [0.1, 0.15) is 22.8 Å². The number of rotatable bonds is 6. The van der Waals surface area contributed by atoms with Crippen LogP contribution in [0.4, 0.5) is 5.95 Å². The summed E-state index contributed by atoms with van der Waals surface area (Å²) in [6.45, 7) is 1.18. The van der Waals surface area contributed by atoms with Crippen molar-refractivity contribution in [3.63, 3.8) is 0 Å². The molecule has 2 amide bonds. The predicted molar refractivity (Wildman–Crippen MR) is 113 cm³/mol. The Labute approximate surface area is 181 Å². The maximum Gasteiger partial charge on any atom is 0.286 e. The summed E-state index contributed by atoms with van der Waals surface area (Å²) >= 11 is 7.07. The second kappa shape index (κ2) is 8.86. The number of anilines is 1. The van der Waals surface area contributed by atoms with Gasteiger partial charge in [-0.1, -0.05) is 41.6 Å². The van der Waals surface area contributed by atoms with Gasteiger partial charge in [0.05, 0.1) is 4.90 Å². The van der Waals surface area contributed by atoms with Crippen molar-refractivity contribution in [1.82, 2.24) is 19.5 Å². The highest BCUT2D eigenvalue weighted by molar-refractivity contribution is 7.98.